The van der Waals surface area contributed by atoms with Crippen LogP contribution in [0.5, 0.6) is 0 Å². The lowest BCUT2D eigenvalue weighted by Crippen LogP contribution is -2.13. The minimum atomic E-state index is -0.229. The van der Waals surface area contributed by atoms with E-state index < -0.39 is 0 Å². The first-order valence-corrected chi connectivity index (χ1v) is 4.97. The molecular formula is C12H16O. The maximum absolute atomic E-state index is 9.86. The highest BCUT2D eigenvalue weighted by atomic mass is 16.3. The molecule has 1 nitrogen and oxygen atoms in total. The second-order valence-corrected chi connectivity index (χ2v) is 4.07. The van der Waals surface area contributed by atoms with Crippen molar-refractivity contribution >= 4 is 0 Å². The Hall–Kier alpha value is -0.820. The van der Waals surface area contributed by atoms with Gasteiger partial charge < -0.3 is 5.11 Å². The summed E-state index contributed by atoms with van der Waals surface area (Å²) in [7, 11) is 0. The van der Waals surface area contributed by atoms with Gasteiger partial charge in [-0.25, -0.2) is 0 Å². The zero-order valence-electron chi connectivity index (χ0n) is 8.25. The van der Waals surface area contributed by atoms with Crippen molar-refractivity contribution in [2.45, 2.75) is 38.7 Å². The molecule has 0 bridgehead atoms. The Kier molecular flexibility index (Phi) is 2.12. The fourth-order valence-corrected chi connectivity index (χ4v) is 2.30. The van der Waals surface area contributed by atoms with Gasteiger partial charge in [-0.1, -0.05) is 25.1 Å². The van der Waals surface area contributed by atoms with Crippen molar-refractivity contribution in [3.05, 3.63) is 34.9 Å². The summed E-state index contributed by atoms with van der Waals surface area (Å²) in [6, 6.07) is 6.32. The second kappa shape index (κ2) is 3.15. The van der Waals surface area contributed by atoms with Gasteiger partial charge in [-0.05, 0) is 42.4 Å². The number of rotatable bonds is 0. The van der Waals surface area contributed by atoms with E-state index in [2.05, 4.69) is 32.0 Å². The predicted molar refractivity (Wildman–Crippen MR) is 53.8 cm³/mol. The molecule has 1 aliphatic rings. The molecule has 13 heavy (non-hydrogen) atoms. The van der Waals surface area contributed by atoms with Gasteiger partial charge in [-0.15, -0.1) is 0 Å². The van der Waals surface area contributed by atoms with E-state index in [0.29, 0.717) is 5.92 Å². The summed E-state index contributed by atoms with van der Waals surface area (Å²) in [5, 5.41) is 9.86. The number of benzene rings is 1. The highest BCUT2D eigenvalue weighted by Crippen LogP contribution is 2.38. The zero-order valence-corrected chi connectivity index (χ0v) is 8.25. The zero-order chi connectivity index (χ0) is 9.42. The molecule has 0 aliphatic heterocycles. The molecule has 0 saturated carbocycles. The van der Waals surface area contributed by atoms with Gasteiger partial charge in [0.15, 0.2) is 0 Å². The average Bonchev–Trinajstić information content (AvgIpc) is 2.12. The maximum Gasteiger partial charge on any atom is 0.0795 e. The van der Waals surface area contributed by atoms with Gasteiger partial charge >= 0.3 is 0 Å². The molecule has 70 valence electrons. The van der Waals surface area contributed by atoms with Gasteiger partial charge in [0, 0.05) is 0 Å². The molecule has 1 N–H and O–H groups in total. The third-order valence-electron chi connectivity index (χ3n) is 3.10. The minimum Gasteiger partial charge on any atom is -0.388 e. The van der Waals surface area contributed by atoms with E-state index in [1.807, 2.05) is 0 Å². The Balaban J connectivity index is 2.56. The molecule has 0 heterocycles. The largest absolute Gasteiger partial charge is 0.388 e. The SMILES string of the molecule is Cc1cccc2c1[C@H](O)CCC2C. The first kappa shape index (κ1) is 8.76. The van der Waals surface area contributed by atoms with E-state index >= 15 is 0 Å². The Bertz CT molecular complexity index is 317. The van der Waals surface area contributed by atoms with E-state index in [-0.39, 0.29) is 6.10 Å². The van der Waals surface area contributed by atoms with Crippen LogP contribution in [-0.2, 0) is 0 Å². The van der Waals surface area contributed by atoms with Crippen molar-refractivity contribution in [2.24, 2.45) is 0 Å². The second-order valence-electron chi connectivity index (χ2n) is 4.07. The average molecular weight is 176 g/mol. The third-order valence-corrected chi connectivity index (χ3v) is 3.10. The van der Waals surface area contributed by atoms with Gasteiger partial charge in [0.2, 0.25) is 0 Å². The van der Waals surface area contributed by atoms with Crippen molar-refractivity contribution in [1.29, 1.82) is 0 Å². The molecule has 0 amide bonds. The summed E-state index contributed by atoms with van der Waals surface area (Å²) < 4.78 is 0. The van der Waals surface area contributed by atoms with E-state index in [9.17, 15) is 5.11 Å². The summed E-state index contributed by atoms with van der Waals surface area (Å²) in [6.45, 7) is 4.32. The van der Waals surface area contributed by atoms with Crippen molar-refractivity contribution in [3.63, 3.8) is 0 Å². The molecule has 1 aromatic rings. The fraction of sp³-hybridized carbons (Fsp3) is 0.500. The molecule has 1 heteroatoms. The van der Waals surface area contributed by atoms with Crippen LogP contribution in [-0.4, -0.2) is 5.11 Å². The van der Waals surface area contributed by atoms with Crippen LogP contribution in [0, 0.1) is 6.92 Å². The third kappa shape index (κ3) is 1.37. The van der Waals surface area contributed by atoms with Gasteiger partial charge in [0.05, 0.1) is 6.10 Å². The summed E-state index contributed by atoms with van der Waals surface area (Å²) in [6.07, 6.45) is 1.80. The van der Waals surface area contributed by atoms with Crippen LogP contribution < -0.4 is 0 Å². The van der Waals surface area contributed by atoms with Gasteiger partial charge in [0.25, 0.3) is 0 Å². The van der Waals surface area contributed by atoms with Crippen LogP contribution in [0.3, 0.4) is 0 Å². The number of aryl methyl sites for hydroxylation is 1. The summed E-state index contributed by atoms with van der Waals surface area (Å²) in [5.41, 5.74) is 3.76. The van der Waals surface area contributed by atoms with Gasteiger partial charge in [0.1, 0.15) is 0 Å². The van der Waals surface area contributed by atoms with E-state index in [4.69, 9.17) is 0 Å². The summed E-state index contributed by atoms with van der Waals surface area (Å²) in [5.74, 6) is 0.610. The Morgan fingerprint density at radius 1 is 1.31 bits per heavy atom. The standard InChI is InChI=1S/C12H16O/c1-8-6-7-11(13)12-9(2)4-3-5-10(8)12/h3-5,8,11,13H,6-7H2,1-2H3/t8?,11-/m1/s1. The first-order valence-electron chi connectivity index (χ1n) is 4.97. The molecule has 1 aliphatic carbocycles. The number of aliphatic hydroxyl groups excluding tert-OH is 1. The molecule has 0 spiro atoms. The molecule has 1 aromatic carbocycles. The summed E-state index contributed by atoms with van der Waals surface area (Å²) >= 11 is 0. The molecule has 0 aromatic heterocycles. The quantitative estimate of drug-likeness (QED) is 0.644. The number of hydrogen-bond donors (Lipinski definition) is 1. The van der Waals surface area contributed by atoms with Crippen molar-refractivity contribution in [1.82, 2.24) is 0 Å². The Morgan fingerprint density at radius 3 is 2.77 bits per heavy atom. The topological polar surface area (TPSA) is 20.2 Å². The van der Waals surface area contributed by atoms with Crippen LogP contribution in [0.25, 0.3) is 0 Å². The van der Waals surface area contributed by atoms with Crippen LogP contribution >= 0.6 is 0 Å². The Morgan fingerprint density at radius 2 is 2.08 bits per heavy atom. The number of hydrogen-bond acceptors (Lipinski definition) is 1. The molecule has 0 saturated heterocycles. The van der Waals surface area contributed by atoms with E-state index in [1.54, 1.807) is 0 Å². The monoisotopic (exact) mass is 176 g/mol. The van der Waals surface area contributed by atoms with Gasteiger partial charge in [-0.2, -0.15) is 0 Å². The lowest BCUT2D eigenvalue weighted by atomic mass is 9.80. The number of fused-ring (bicyclic) bond motifs is 1. The van der Waals surface area contributed by atoms with Crippen LogP contribution in [0.4, 0.5) is 0 Å². The van der Waals surface area contributed by atoms with Crippen molar-refractivity contribution < 1.29 is 5.11 Å². The maximum atomic E-state index is 9.86. The van der Waals surface area contributed by atoms with Crippen molar-refractivity contribution in [3.8, 4) is 0 Å². The molecule has 0 fully saturated rings. The molecule has 2 atom stereocenters. The smallest absolute Gasteiger partial charge is 0.0795 e. The van der Waals surface area contributed by atoms with Crippen LogP contribution in [0.1, 0.15) is 48.5 Å². The predicted octanol–water partition coefficient (Wildman–Crippen LogP) is 2.93. The Labute approximate surface area is 79.4 Å². The molecule has 1 unspecified atom stereocenters. The molecule has 2 rings (SSSR count). The van der Waals surface area contributed by atoms with Crippen LogP contribution in [0.15, 0.2) is 18.2 Å². The highest BCUT2D eigenvalue weighted by molar-refractivity contribution is 5.39. The van der Waals surface area contributed by atoms with E-state index in [0.717, 1.165) is 12.8 Å². The van der Waals surface area contributed by atoms with E-state index in [1.165, 1.54) is 16.7 Å². The molecular weight excluding hydrogens is 160 g/mol. The normalized spacial score (nSPS) is 27.0. The van der Waals surface area contributed by atoms with Crippen molar-refractivity contribution in [2.75, 3.05) is 0 Å². The lowest BCUT2D eigenvalue weighted by Gasteiger charge is -2.27. The first-order chi connectivity index (χ1) is 6.20. The fourth-order valence-electron chi connectivity index (χ4n) is 2.30. The summed E-state index contributed by atoms with van der Waals surface area (Å²) in [4.78, 5) is 0. The molecule has 0 radical (unpaired) electrons. The minimum absolute atomic E-state index is 0.229. The number of aliphatic hydroxyl groups is 1. The van der Waals surface area contributed by atoms with Crippen LogP contribution in [0.2, 0.25) is 0 Å². The highest BCUT2D eigenvalue weighted by Gasteiger charge is 2.23. The van der Waals surface area contributed by atoms with Gasteiger partial charge in [-0.3, -0.25) is 0 Å². The lowest BCUT2D eigenvalue weighted by molar-refractivity contribution is 0.151.